The molecule has 1 N–H and O–H groups in total. The highest BCUT2D eigenvalue weighted by Gasteiger charge is 2.24. The molecule has 0 aliphatic heterocycles. The van der Waals surface area contributed by atoms with E-state index < -0.39 is 6.10 Å². The smallest absolute Gasteiger partial charge is 0.113 e. The van der Waals surface area contributed by atoms with Crippen molar-refractivity contribution in [3.05, 3.63) is 53.1 Å². The van der Waals surface area contributed by atoms with Crippen LogP contribution in [0.3, 0.4) is 0 Å². The van der Waals surface area contributed by atoms with E-state index in [1.54, 1.807) is 4.80 Å². The number of aliphatic hydroxyl groups is 1. The molecule has 0 bridgehead atoms. The first-order valence-electron chi connectivity index (χ1n) is 9.41. The molecular weight excluding hydrogens is 322 g/mol. The van der Waals surface area contributed by atoms with Crippen LogP contribution >= 0.6 is 0 Å². The lowest BCUT2D eigenvalue weighted by Crippen LogP contribution is -2.17. The van der Waals surface area contributed by atoms with Crippen molar-refractivity contribution < 1.29 is 5.11 Å². The molecule has 0 radical (unpaired) electrons. The summed E-state index contributed by atoms with van der Waals surface area (Å²) in [6.45, 7) is 12.8. The predicted molar refractivity (Wildman–Crippen MR) is 107 cm³/mol. The molecule has 0 saturated heterocycles. The molecule has 0 spiro atoms. The maximum Gasteiger partial charge on any atom is 0.113 e. The molecule has 2 aromatic carbocycles. The van der Waals surface area contributed by atoms with Crippen molar-refractivity contribution in [2.75, 3.05) is 0 Å². The summed E-state index contributed by atoms with van der Waals surface area (Å²) in [4.78, 5) is 1.69. The molecule has 2 atom stereocenters. The van der Waals surface area contributed by atoms with Crippen LogP contribution in [0.1, 0.15) is 76.7 Å². The second-order valence-corrected chi connectivity index (χ2v) is 8.21. The van der Waals surface area contributed by atoms with Crippen molar-refractivity contribution in [1.82, 2.24) is 15.0 Å². The van der Waals surface area contributed by atoms with Gasteiger partial charge >= 0.3 is 0 Å². The van der Waals surface area contributed by atoms with Gasteiger partial charge in [0, 0.05) is 5.56 Å². The molecule has 0 fully saturated rings. The van der Waals surface area contributed by atoms with Crippen LogP contribution in [0, 0.1) is 0 Å². The van der Waals surface area contributed by atoms with Gasteiger partial charge in [0.15, 0.2) is 0 Å². The van der Waals surface area contributed by atoms with E-state index in [2.05, 4.69) is 56.9 Å². The first kappa shape index (κ1) is 18.6. The van der Waals surface area contributed by atoms with Crippen LogP contribution in [-0.2, 0) is 5.41 Å². The van der Waals surface area contributed by atoms with E-state index in [0.29, 0.717) is 5.92 Å². The predicted octanol–water partition coefficient (Wildman–Crippen LogP) is 5.28. The minimum absolute atomic E-state index is 0.000755. The van der Waals surface area contributed by atoms with Gasteiger partial charge in [-0.05, 0) is 54.0 Å². The largest absolute Gasteiger partial charge is 0.389 e. The van der Waals surface area contributed by atoms with E-state index in [-0.39, 0.29) is 5.41 Å². The van der Waals surface area contributed by atoms with Crippen molar-refractivity contribution in [3.8, 4) is 5.69 Å². The molecule has 1 heterocycles. The van der Waals surface area contributed by atoms with Crippen LogP contribution in [0.25, 0.3) is 16.7 Å². The van der Waals surface area contributed by atoms with Gasteiger partial charge < -0.3 is 5.11 Å². The van der Waals surface area contributed by atoms with E-state index in [1.807, 2.05) is 31.2 Å². The van der Waals surface area contributed by atoms with Crippen LogP contribution in [-0.4, -0.2) is 20.1 Å². The molecule has 0 amide bonds. The molecule has 3 aromatic rings. The number of aliphatic hydroxyl groups excluding tert-OH is 1. The Hall–Kier alpha value is -2.20. The highest BCUT2D eigenvalue weighted by atomic mass is 16.3. The Labute approximate surface area is 155 Å². The van der Waals surface area contributed by atoms with Gasteiger partial charge in [0.25, 0.3) is 0 Å². The van der Waals surface area contributed by atoms with Crippen LogP contribution in [0.2, 0.25) is 0 Å². The monoisotopic (exact) mass is 351 g/mol. The van der Waals surface area contributed by atoms with Gasteiger partial charge in [0.05, 0.1) is 11.8 Å². The Morgan fingerprint density at radius 3 is 2.08 bits per heavy atom. The zero-order chi connectivity index (χ0) is 19.1. The molecule has 4 heteroatoms. The average molecular weight is 351 g/mol. The van der Waals surface area contributed by atoms with Crippen molar-refractivity contribution in [1.29, 1.82) is 0 Å². The number of nitrogens with zero attached hydrogens (tertiary/aromatic N) is 3. The topological polar surface area (TPSA) is 50.9 Å². The third-order valence-corrected chi connectivity index (χ3v) is 5.12. The molecule has 4 nitrogen and oxygen atoms in total. The Morgan fingerprint density at radius 2 is 1.62 bits per heavy atom. The van der Waals surface area contributed by atoms with Gasteiger partial charge in [0.1, 0.15) is 11.0 Å². The van der Waals surface area contributed by atoms with Crippen LogP contribution in [0.5, 0.6) is 0 Å². The Morgan fingerprint density at radius 1 is 1.04 bits per heavy atom. The second-order valence-electron chi connectivity index (χ2n) is 8.21. The van der Waals surface area contributed by atoms with Gasteiger partial charge in [-0.15, -0.1) is 10.2 Å². The Bertz CT molecular complexity index is 886. The number of hydrogen-bond donors (Lipinski definition) is 1. The highest BCUT2D eigenvalue weighted by molar-refractivity contribution is 5.73. The molecule has 2 unspecified atom stereocenters. The lowest BCUT2D eigenvalue weighted by molar-refractivity contribution is 0.197. The minimum Gasteiger partial charge on any atom is -0.389 e. The maximum absolute atomic E-state index is 10.6. The van der Waals surface area contributed by atoms with E-state index in [0.717, 1.165) is 28.7 Å². The molecule has 0 aliphatic carbocycles. The third kappa shape index (κ3) is 3.38. The highest BCUT2D eigenvalue weighted by Crippen LogP contribution is 2.36. The summed E-state index contributed by atoms with van der Waals surface area (Å²) in [5.74, 6) is 0.352. The number of hydrogen-bond acceptors (Lipinski definition) is 3. The van der Waals surface area contributed by atoms with Crippen LogP contribution < -0.4 is 0 Å². The zero-order valence-corrected chi connectivity index (χ0v) is 16.6. The van der Waals surface area contributed by atoms with Crippen molar-refractivity contribution in [2.45, 2.75) is 65.4 Å². The quantitative estimate of drug-likeness (QED) is 0.695. The number of rotatable bonds is 4. The summed E-state index contributed by atoms with van der Waals surface area (Å²) in [5, 5.41) is 19.9. The van der Waals surface area contributed by atoms with Crippen molar-refractivity contribution in [3.63, 3.8) is 0 Å². The molecule has 0 saturated carbocycles. The average Bonchev–Trinajstić information content (AvgIpc) is 3.02. The number of aromatic nitrogens is 3. The van der Waals surface area contributed by atoms with E-state index in [9.17, 15) is 5.11 Å². The van der Waals surface area contributed by atoms with Crippen LogP contribution in [0.4, 0.5) is 0 Å². The summed E-state index contributed by atoms with van der Waals surface area (Å²) in [6.07, 6.45) is 0.429. The number of fused-ring (bicyclic) bond motifs is 1. The molecule has 1 aromatic heterocycles. The van der Waals surface area contributed by atoms with E-state index in [4.69, 9.17) is 0 Å². The number of benzene rings is 2. The van der Waals surface area contributed by atoms with E-state index in [1.165, 1.54) is 11.1 Å². The summed E-state index contributed by atoms with van der Waals surface area (Å²) >= 11 is 0. The minimum atomic E-state index is -0.586. The SMILES string of the molecule is CCC(C)c1cc(C(C)(C)C)cc(-n2nc3ccccc3n2)c1C(C)O. The van der Waals surface area contributed by atoms with Crippen molar-refractivity contribution in [2.24, 2.45) is 0 Å². The molecular formula is C22H29N3O. The molecule has 26 heavy (non-hydrogen) atoms. The summed E-state index contributed by atoms with van der Waals surface area (Å²) in [7, 11) is 0. The van der Waals surface area contributed by atoms with Gasteiger partial charge in [-0.25, -0.2) is 0 Å². The fourth-order valence-electron chi connectivity index (χ4n) is 3.31. The maximum atomic E-state index is 10.6. The second kappa shape index (κ2) is 6.84. The normalized spacial score (nSPS) is 14.6. The lowest BCUT2D eigenvalue weighted by Gasteiger charge is -2.26. The van der Waals surface area contributed by atoms with Gasteiger partial charge in [-0.1, -0.05) is 52.8 Å². The molecule has 3 rings (SSSR count). The summed E-state index contributed by atoms with van der Waals surface area (Å²) in [5.41, 5.74) is 5.93. The standard InChI is InChI=1S/C22H29N3O/c1-7-14(2)17-12-16(22(4,5)6)13-20(21(17)15(3)26)25-23-18-10-8-9-11-19(18)24-25/h8-15,26H,7H2,1-6H3. The first-order chi connectivity index (χ1) is 12.2. The van der Waals surface area contributed by atoms with Crippen LogP contribution in [0.15, 0.2) is 36.4 Å². The van der Waals surface area contributed by atoms with Crippen molar-refractivity contribution >= 4 is 11.0 Å². The first-order valence-corrected chi connectivity index (χ1v) is 9.41. The Kier molecular flexibility index (Phi) is 4.89. The summed E-state index contributed by atoms with van der Waals surface area (Å²) < 4.78 is 0. The molecule has 138 valence electrons. The zero-order valence-electron chi connectivity index (χ0n) is 16.6. The molecule has 0 aliphatic rings. The lowest BCUT2D eigenvalue weighted by atomic mass is 9.81. The van der Waals surface area contributed by atoms with E-state index >= 15 is 0 Å². The van der Waals surface area contributed by atoms with Gasteiger partial charge in [-0.2, -0.15) is 4.80 Å². The fraction of sp³-hybridized carbons (Fsp3) is 0.455. The van der Waals surface area contributed by atoms with Gasteiger partial charge in [-0.3, -0.25) is 0 Å². The third-order valence-electron chi connectivity index (χ3n) is 5.12. The Balaban J connectivity index is 2.33. The summed E-state index contributed by atoms with van der Waals surface area (Å²) in [6, 6.07) is 12.2. The van der Waals surface area contributed by atoms with Gasteiger partial charge in [0.2, 0.25) is 0 Å². The fourth-order valence-corrected chi connectivity index (χ4v) is 3.31.